The van der Waals surface area contributed by atoms with Crippen molar-refractivity contribution in [2.75, 3.05) is 0 Å². The molecular formula is C23H37N3O2. The predicted molar refractivity (Wildman–Crippen MR) is 115 cm³/mol. The summed E-state index contributed by atoms with van der Waals surface area (Å²) in [6, 6.07) is 7.80. The smallest absolute Gasteiger partial charge is 0.252 e. The van der Waals surface area contributed by atoms with Gasteiger partial charge < -0.3 is 16.3 Å². The van der Waals surface area contributed by atoms with Crippen molar-refractivity contribution in [1.29, 1.82) is 0 Å². The molecule has 0 heterocycles. The minimum Gasteiger partial charge on any atom is -0.409 e. The molecule has 1 aromatic carbocycles. The number of hydrogen-bond acceptors (Lipinski definition) is 3. The number of carbonyl (C=O) groups is 1. The van der Waals surface area contributed by atoms with Crippen LogP contribution in [0.3, 0.4) is 0 Å². The van der Waals surface area contributed by atoms with Crippen LogP contribution in [0.1, 0.15) is 99.9 Å². The molecule has 0 aromatic heterocycles. The first kappa shape index (κ1) is 22.3. The van der Waals surface area contributed by atoms with Crippen molar-refractivity contribution in [3.63, 3.8) is 0 Å². The molecule has 0 spiro atoms. The van der Waals surface area contributed by atoms with Gasteiger partial charge in [-0.3, -0.25) is 4.79 Å². The highest BCUT2D eigenvalue weighted by atomic mass is 16.4. The third kappa shape index (κ3) is 7.17. The van der Waals surface area contributed by atoms with Gasteiger partial charge in [0.1, 0.15) is 5.54 Å². The van der Waals surface area contributed by atoms with Crippen molar-refractivity contribution in [3.05, 3.63) is 35.4 Å². The highest BCUT2D eigenvalue weighted by Gasteiger charge is 2.48. The minimum atomic E-state index is -0.652. The van der Waals surface area contributed by atoms with E-state index in [4.69, 9.17) is 10.9 Å². The Morgan fingerprint density at radius 2 is 1.54 bits per heavy atom. The van der Waals surface area contributed by atoms with E-state index in [0.717, 1.165) is 6.42 Å². The highest BCUT2D eigenvalue weighted by Crippen LogP contribution is 2.35. The molecule has 4 N–H and O–H groups in total. The van der Waals surface area contributed by atoms with E-state index in [1.54, 1.807) is 0 Å². The first-order valence-corrected chi connectivity index (χ1v) is 11.0. The van der Waals surface area contributed by atoms with Crippen molar-refractivity contribution in [3.8, 4) is 0 Å². The number of nitrogens with zero attached hydrogens (tertiary/aromatic N) is 1. The van der Waals surface area contributed by atoms with Crippen molar-refractivity contribution in [1.82, 2.24) is 5.32 Å². The number of rotatable bonds is 14. The Bertz CT molecular complexity index is 621. The summed E-state index contributed by atoms with van der Waals surface area (Å²) in [5.74, 6) is -0.0898. The fourth-order valence-electron chi connectivity index (χ4n) is 3.59. The first-order chi connectivity index (χ1) is 13.6. The Hall–Kier alpha value is -2.04. The summed E-state index contributed by atoms with van der Waals surface area (Å²) in [5.41, 5.74) is 6.91. The molecule has 1 aliphatic rings. The van der Waals surface area contributed by atoms with Gasteiger partial charge in [-0.05, 0) is 43.4 Å². The lowest BCUT2D eigenvalue weighted by Gasteiger charge is -2.15. The van der Waals surface area contributed by atoms with E-state index in [9.17, 15) is 4.79 Å². The molecule has 2 rings (SSSR count). The fraction of sp³-hybridized carbons (Fsp3) is 0.652. The van der Waals surface area contributed by atoms with Crippen molar-refractivity contribution in [2.45, 2.75) is 95.9 Å². The molecule has 0 saturated heterocycles. The third-order valence-electron chi connectivity index (χ3n) is 5.74. The molecule has 1 saturated carbocycles. The lowest BCUT2D eigenvalue weighted by molar-refractivity contribution is 0.0942. The van der Waals surface area contributed by atoms with Crippen molar-refractivity contribution >= 4 is 11.7 Å². The number of nitrogens with one attached hydrogen (secondary N) is 1. The summed E-state index contributed by atoms with van der Waals surface area (Å²) < 4.78 is 0. The average molecular weight is 388 g/mol. The highest BCUT2D eigenvalue weighted by molar-refractivity contribution is 6.01. The van der Waals surface area contributed by atoms with E-state index in [1.807, 2.05) is 24.3 Å². The van der Waals surface area contributed by atoms with Crippen LogP contribution >= 0.6 is 0 Å². The summed E-state index contributed by atoms with van der Waals surface area (Å²) in [6.07, 6.45) is 15.9. The molecule has 156 valence electrons. The molecule has 0 aliphatic heterocycles. The summed E-state index contributed by atoms with van der Waals surface area (Å²) in [7, 11) is 0. The van der Waals surface area contributed by atoms with Gasteiger partial charge in [-0.15, -0.1) is 0 Å². The Kier molecular flexibility index (Phi) is 9.32. The zero-order chi connectivity index (χ0) is 20.2. The van der Waals surface area contributed by atoms with Crippen LogP contribution in [0.15, 0.2) is 29.4 Å². The van der Waals surface area contributed by atoms with E-state index < -0.39 is 5.54 Å². The van der Waals surface area contributed by atoms with Crippen LogP contribution in [0.25, 0.3) is 0 Å². The van der Waals surface area contributed by atoms with E-state index in [1.165, 1.54) is 69.8 Å². The van der Waals surface area contributed by atoms with Gasteiger partial charge in [0, 0.05) is 5.56 Å². The van der Waals surface area contributed by atoms with Crippen LogP contribution in [0.2, 0.25) is 0 Å². The maximum absolute atomic E-state index is 12.4. The summed E-state index contributed by atoms with van der Waals surface area (Å²) >= 11 is 0. The monoisotopic (exact) mass is 387 g/mol. The molecule has 0 bridgehead atoms. The molecule has 1 amide bonds. The topological polar surface area (TPSA) is 87.7 Å². The van der Waals surface area contributed by atoms with Gasteiger partial charge in [-0.2, -0.15) is 0 Å². The van der Waals surface area contributed by atoms with Gasteiger partial charge in [-0.1, -0.05) is 82.0 Å². The number of hydrogen-bond donors (Lipinski definition) is 3. The van der Waals surface area contributed by atoms with Gasteiger partial charge in [0.25, 0.3) is 5.91 Å². The number of carbonyl (C=O) groups excluding carboxylic acids is 1. The Balaban J connectivity index is 1.60. The lowest BCUT2D eigenvalue weighted by atomic mass is 10.0. The molecule has 0 unspecified atom stereocenters. The van der Waals surface area contributed by atoms with E-state index >= 15 is 0 Å². The van der Waals surface area contributed by atoms with E-state index in [2.05, 4.69) is 17.4 Å². The van der Waals surface area contributed by atoms with Gasteiger partial charge >= 0.3 is 0 Å². The molecule has 5 nitrogen and oxygen atoms in total. The molecule has 1 fully saturated rings. The minimum absolute atomic E-state index is 0.0819. The lowest BCUT2D eigenvalue weighted by Crippen LogP contribution is -2.46. The summed E-state index contributed by atoms with van der Waals surface area (Å²) in [4.78, 5) is 12.4. The molecule has 1 aromatic rings. The van der Waals surface area contributed by atoms with Crippen LogP contribution in [0, 0.1) is 0 Å². The number of aryl methyl sites for hydroxylation is 1. The SMILES string of the molecule is CCCCCCCCCCCCc1ccc(C(=O)NC2(/C(N)=N/O)CC2)cc1. The number of benzene rings is 1. The number of oxime groups is 1. The molecule has 28 heavy (non-hydrogen) atoms. The molecule has 5 heteroatoms. The maximum atomic E-state index is 12.4. The predicted octanol–water partition coefficient (Wildman–Crippen LogP) is 5.16. The average Bonchev–Trinajstić information content (AvgIpc) is 3.49. The standard InChI is InChI=1S/C23H37N3O2/c1-2-3-4-5-6-7-8-9-10-11-12-19-13-15-20(16-14-19)21(27)25-23(17-18-23)22(24)26-28/h13-16,28H,2-12,17-18H2,1H3,(H2,24,26)(H,25,27). The number of amides is 1. The molecule has 0 atom stereocenters. The third-order valence-corrected chi connectivity index (χ3v) is 5.74. The normalized spacial score (nSPS) is 15.4. The molecule has 1 aliphatic carbocycles. The first-order valence-electron chi connectivity index (χ1n) is 11.0. The second-order valence-electron chi connectivity index (χ2n) is 8.15. The van der Waals surface area contributed by atoms with Crippen LogP contribution in [-0.4, -0.2) is 22.5 Å². The zero-order valence-electron chi connectivity index (χ0n) is 17.4. The molecular weight excluding hydrogens is 350 g/mol. The van der Waals surface area contributed by atoms with Gasteiger partial charge in [0.2, 0.25) is 0 Å². The van der Waals surface area contributed by atoms with E-state index in [0.29, 0.717) is 18.4 Å². The van der Waals surface area contributed by atoms with Crippen molar-refractivity contribution < 1.29 is 10.0 Å². The second kappa shape index (κ2) is 11.7. The van der Waals surface area contributed by atoms with Gasteiger partial charge in [-0.25, -0.2) is 0 Å². The zero-order valence-corrected chi connectivity index (χ0v) is 17.4. The fourth-order valence-corrected chi connectivity index (χ4v) is 3.59. The van der Waals surface area contributed by atoms with Crippen LogP contribution < -0.4 is 11.1 Å². The Morgan fingerprint density at radius 3 is 2.04 bits per heavy atom. The molecule has 0 radical (unpaired) electrons. The van der Waals surface area contributed by atoms with Crippen LogP contribution in [0.4, 0.5) is 0 Å². The summed E-state index contributed by atoms with van der Waals surface area (Å²) in [6.45, 7) is 2.26. The maximum Gasteiger partial charge on any atom is 0.252 e. The summed E-state index contributed by atoms with van der Waals surface area (Å²) in [5, 5.41) is 14.8. The van der Waals surface area contributed by atoms with Crippen molar-refractivity contribution in [2.24, 2.45) is 10.9 Å². The Labute approximate surface area is 169 Å². The largest absolute Gasteiger partial charge is 0.409 e. The van der Waals surface area contributed by atoms with Crippen LogP contribution in [0.5, 0.6) is 0 Å². The van der Waals surface area contributed by atoms with Gasteiger partial charge in [0.05, 0.1) is 0 Å². The number of nitrogens with two attached hydrogens (primary N) is 1. The quantitative estimate of drug-likeness (QED) is 0.135. The van der Waals surface area contributed by atoms with Crippen LogP contribution in [-0.2, 0) is 6.42 Å². The number of unbranched alkanes of at least 4 members (excludes halogenated alkanes) is 9. The second-order valence-corrected chi connectivity index (χ2v) is 8.15. The Morgan fingerprint density at radius 1 is 1.00 bits per heavy atom. The van der Waals surface area contributed by atoms with Gasteiger partial charge in [0.15, 0.2) is 5.84 Å². The number of amidine groups is 1. The van der Waals surface area contributed by atoms with E-state index in [-0.39, 0.29) is 11.7 Å².